The van der Waals surface area contributed by atoms with E-state index in [0.29, 0.717) is 19.1 Å². The molecule has 1 aromatic rings. The van der Waals surface area contributed by atoms with Gasteiger partial charge in [-0.15, -0.1) is 0 Å². The highest BCUT2D eigenvalue weighted by atomic mass is 16.5. The number of aromatic nitrogens is 1. The van der Waals surface area contributed by atoms with Gasteiger partial charge in [-0.05, 0) is 74.8 Å². The third-order valence-electron chi connectivity index (χ3n) is 9.17. The lowest BCUT2D eigenvalue weighted by Gasteiger charge is -2.46. The Balaban J connectivity index is 1.33. The number of carbonyl (C=O) groups excluding carboxylic acids is 1. The molecule has 2 saturated heterocycles. The predicted molar refractivity (Wildman–Crippen MR) is 171 cm³/mol. The summed E-state index contributed by atoms with van der Waals surface area (Å²) in [6.07, 6.45) is 17.4. The van der Waals surface area contributed by atoms with Crippen molar-refractivity contribution >= 4 is 17.8 Å². The second-order valence-electron chi connectivity index (χ2n) is 11.7. The monoisotopic (exact) mass is 586 g/mol. The molecule has 3 aliphatic heterocycles. The average molecular weight is 587 g/mol. The molecule has 4 heterocycles. The van der Waals surface area contributed by atoms with E-state index in [0.717, 1.165) is 111 Å². The van der Waals surface area contributed by atoms with Gasteiger partial charge < -0.3 is 19.1 Å². The molecule has 0 N–H and O–H groups in total. The van der Waals surface area contributed by atoms with E-state index in [1.165, 1.54) is 0 Å². The van der Waals surface area contributed by atoms with Crippen molar-refractivity contribution in [2.45, 2.75) is 57.1 Å². The van der Waals surface area contributed by atoms with Crippen molar-refractivity contribution in [3.05, 3.63) is 82.9 Å². The second-order valence-corrected chi connectivity index (χ2v) is 11.7. The van der Waals surface area contributed by atoms with Crippen LogP contribution in [0, 0.1) is 0 Å². The lowest BCUT2D eigenvalue weighted by molar-refractivity contribution is -0.138. The molecule has 8 nitrogen and oxygen atoms in total. The second kappa shape index (κ2) is 14.4. The van der Waals surface area contributed by atoms with Crippen molar-refractivity contribution < 1.29 is 19.0 Å². The molecule has 0 saturated carbocycles. The van der Waals surface area contributed by atoms with Crippen molar-refractivity contribution in [2.24, 2.45) is 4.99 Å². The van der Waals surface area contributed by atoms with E-state index in [1.807, 2.05) is 32.5 Å². The van der Waals surface area contributed by atoms with Crippen molar-refractivity contribution in [3.63, 3.8) is 0 Å². The lowest BCUT2D eigenvalue weighted by Crippen LogP contribution is -2.54. The van der Waals surface area contributed by atoms with E-state index in [2.05, 4.69) is 51.7 Å². The van der Waals surface area contributed by atoms with E-state index in [-0.39, 0.29) is 11.6 Å². The number of likely N-dealkylation sites (tertiary alicyclic amines) is 1. The van der Waals surface area contributed by atoms with Gasteiger partial charge in [-0.2, -0.15) is 0 Å². The van der Waals surface area contributed by atoms with Crippen LogP contribution in [0.15, 0.2) is 76.6 Å². The van der Waals surface area contributed by atoms with Gasteiger partial charge >= 0.3 is 5.97 Å². The molecule has 5 rings (SSSR count). The van der Waals surface area contributed by atoms with Crippen LogP contribution in [0.5, 0.6) is 0 Å². The average Bonchev–Trinajstić information content (AvgIpc) is 2.98. The number of carbonyl (C=O) groups is 1. The molecular formula is C35H46N4O4. The molecule has 0 aromatic carbocycles. The van der Waals surface area contributed by atoms with Crippen LogP contribution in [-0.4, -0.2) is 93.2 Å². The smallest absolute Gasteiger partial charge is 0.333 e. The topological polar surface area (TPSA) is 76.5 Å². The highest BCUT2D eigenvalue weighted by Gasteiger charge is 2.39. The SMILES string of the molecule is C=C1CC=C(c2ccc(C3(OC)CCN(C4COC4)CC3)cn2)C=C1/C(=C\C=NC)N1CC/C=C(\C(=O)OCC)CCC1. The van der Waals surface area contributed by atoms with Crippen LogP contribution < -0.4 is 0 Å². The van der Waals surface area contributed by atoms with Crippen molar-refractivity contribution in [3.8, 4) is 0 Å². The molecule has 0 radical (unpaired) electrons. The Bertz CT molecular complexity index is 1310. The maximum absolute atomic E-state index is 12.3. The summed E-state index contributed by atoms with van der Waals surface area (Å²) in [4.78, 5) is 26.4. The Morgan fingerprint density at radius 1 is 1.21 bits per heavy atom. The van der Waals surface area contributed by atoms with Gasteiger partial charge in [0, 0.05) is 75.2 Å². The first kappa shape index (κ1) is 31.1. The van der Waals surface area contributed by atoms with Gasteiger partial charge in [-0.1, -0.05) is 24.8 Å². The minimum absolute atomic E-state index is 0.188. The first-order valence-electron chi connectivity index (χ1n) is 15.7. The summed E-state index contributed by atoms with van der Waals surface area (Å²) in [6, 6.07) is 4.88. The Kier molecular flexibility index (Phi) is 10.4. The van der Waals surface area contributed by atoms with E-state index in [1.54, 1.807) is 7.05 Å². The largest absolute Gasteiger partial charge is 0.463 e. The zero-order valence-corrected chi connectivity index (χ0v) is 26.0. The number of nitrogens with zero attached hydrogens (tertiary/aromatic N) is 4. The Labute approximate surface area is 256 Å². The van der Waals surface area contributed by atoms with Crippen LogP contribution in [0.4, 0.5) is 0 Å². The predicted octanol–water partition coefficient (Wildman–Crippen LogP) is 5.25. The first-order chi connectivity index (χ1) is 21.0. The summed E-state index contributed by atoms with van der Waals surface area (Å²) in [5.74, 6) is -0.188. The number of methoxy groups -OCH3 is 1. The molecule has 4 aliphatic rings. The molecule has 1 aliphatic carbocycles. The van der Waals surface area contributed by atoms with Gasteiger partial charge in [0.15, 0.2) is 0 Å². The number of pyridine rings is 1. The first-order valence-corrected chi connectivity index (χ1v) is 15.7. The maximum Gasteiger partial charge on any atom is 0.333 e. The van der Waals surface area contributed by atoms with Crippen molar-refractivity contribution in [1.29, 1.82) is 0 Å². The highest BCUT2D eigenvalue weighted by molar-refractivity contribution is 5.88. The van der Waals surface area contributed by atoms with Crippen LogP contribution in [0.1, 0.15) is 56.7 Å². The van der Waals surface area contributed by atoms with Crippen molar-refractivity contribution in [2.75, 3.05) is 60.2 Å². The number of aliphatic imine (C=N–C) groups is 1. The molecular weight excluding hydrogens is 540 g/mol. The zero-order chi connectivity index (χ0) is 30.2. The molecule has 0 bridgehead atoms. The number of esters is 1. The number of hydrogen-bond acceptors (Lipinski definition) is 8. The molecule has 0 amide bonds. The van der Waals surface area contributed by atoms with Gasteiger partial charge in [0.25, 0.3) is 0 Å². The fraction of sp³-hybridized carbons (Fsp3) is 0.514. The minimum atomic E-state index is -0.300. The van der Waals surface area contributed by atoms with Crippen LogP contribution in [0.2, 0.25) is 0 Å². The lowest BCUT2D eigenvalue weighted by atomic mass is 9.84. The Hall–Kier alpha value is -3.33. The number of hydrogen-bond donors (Lipinski definition) is 0. The van der Waals surface area contributed by atoms with E-state index < -0.39 is 0 Å². The van der Waals surface area contributed by atoms with Gasteiger partial charge in [0.2, 0.25) is 0 Å². The molecule has 230 valence electrons. The fourth-order valence-corrected chi connectivity index (χ4v) is 6.45. The number of allylic oxidation sites excluding steroid dienone is 5. The Morgan fingerprint density at radius 2 is 2.02 bits per heavy atom. The molecule has 43 heavy (non-hydrogen) atoms. The van der Waals surface area contributed by atoms with Gasteiger partial charge in [0.05, 0.1) is 37.2 Å². The highest BCUT2D eigenvalue weighted by Crippen LogP contribution is 2.38. The summed E-state index contributed by atoms with van der Waals surface area (Å²) >= 11 is 0. The number of rotatable bonds is 9. The van der Waals surface area contributed by atoms with E-state index in [9.17, 15) is 4.79 Å². The molecule has 0 unspecified atom stereocenters. The summed E-state index contributed by atoms with van der Waals surface area (Å²) < 4.78 is 16.8. The standard InChI is InChI=1S/C35H46N4O4/c1-5-43-34(40)27-8-6-18-39(19-7-9-27)33(14-17-36-3)31-22-28(11-10-26(31)2)32-13-12-29(23-37-32)35(41-4)15-20-38(21-16-35)30-24-42-25-30/h8,11-14,17,22-23,30H,2,5-7,9-10,15-16,18-21,24-25H2,1,3-4H3/b27-8-,33-14+,36-17?. The summed E-state index contributed by atoms with van der Waals surface area (Å²) in [6.45, 7) is 12.0. The third-order valence-corrected chi connectivity index (χ3v) is 9.17. The van der Waals surface area contributed by atoms with Gasteiger partial charge in [-0.25, -0.2) is 4.79 Å². The molecule has 0 atom stereocenters. The molecule has 2 fully saturated rings. The number of piperidine rings is 1. The maximum atomic E-state index is 12.3. The molecule has 1 aromatic heterocycles. The summed E-state index contributed by atoms with van der Waals surface area (Å²) in [5, 5.41) is 0. The van der Waals surface area contributed by atoms with Crippen LogP contribution in [0.3, 0.4) is 0 Å². The van der Waals surface area contributed by atoms with Crippen molar-refractivity contribution in [1.82, 2.24) is 14.8 Å². The Morgan fingerprint density at radius 3 is 2.67 bits per heavy atom. The summed E-state index contributed by atoms with van der Waals surface area (Å²) in [7, 11) is 3.61. The molecule has 8 heteroatoms. The normalized spacial score (nSPS) is 23.5. The van der Waals surface area contributed by atoms with Crippen LogP contribution in [-0.2, 0) is 24.6 Å². The van der Waals surface area contributed by atoms with Crippen LogP contribution >= 0.6 is 0 Å². The van der Waals surface area contributed by atoms with Gasteiger partial charge in [-0.3, -0.25) is 14.9 Å². The number of ether oxygens (including phenoxy) is 3. The quantitative estimate of drug-likeness (QED) is 0.289. The van der Waals surface area contributed by atoms with Gasteiger partial charge in [0.1, 0.15) is 0 Å². The van der Waals surface area contributed by atoms with E-state index >= 15 is 0 Å². The molecule has 0 spiro atoms. The zero-order valence-electron chi connectivity index (χ0n) is 26.0. The third kappa shape index (κ3) is 7.08. The minimum Gasteiger partial charge on any atom is -0.463 e. The fourth-order valence-electron chi connectivity index (χ4n) is 6.45. The van der Waals surface area contributed by atoms with Crippen LogP contribution in [0.25, 0.3) is 5.57 Å². The summed E-state index contributed by atoms with van der Waals surface area (Å²) in [5.41, 5.74) is 6.96. The van der Waals surface area contributed by atoms with E-state index in [4.69, 9.17) is 19.2 Å².